The first-order valence-corrected chi connectivity index (χ1v) is 8.54. The molecule has 2 rings (SSSR count). The van der Waals surface area contributed by atoms with E-state index in [1.165, 1.54) is 0 Å². The molecule has 1 N–H and O–H groups in total. The SMILES string of the molecule is C=CCN(CC=C)Cc1ccccc1C(=O)NCC(=O)c1ccccc1. The monoisotopic (exact) mass is 348 g/mol. The molecule has 0 unspecified atom stereocenters. The molecule has 0 atom stereocenters. The van der Waals surface area contributed by atoms with E-state index in [9.17, 15) is 9.59 Å². The third-order valence-electron chi connectivity index (χ3n) is 3.94. The van der Waals surface area contributed by atoms with Gasteiger partial charge >= 0.3 is 0 Å². The molecule has 0 aliphatic carbocycles. The van der Waals surface area contributed by atoms with Gasteiger partial charge in [0.25, 0.3) is 5.91 Å². The number of amides is 1. The lowest BCUT2D eigenvalue weighted by Crippen LogP contribution is -2.31. The molecule has 0 fully saturated rings. The molecule has 0 heterocycles. The number of Topliss-reactive ketones (excluding diaryl/α,β-unsaturated/α-hetero) is 1. The van der Waals surface area contributed by atoms with Gasteiger partial charge in [0, 0.05) is 30.8 Å². The van der Waals surface area contributed by atoms with E-state index in [4.69, 9.17) is 0 Å². The minimum atomic E-state index is -0.248. The Balaban J connectivity index is 2.05. The van der Waals surface area contributed by atoms with Gasteiger partial charge in [-0.05, 0) is 11.6 Å². The molecular weight excluding hydrogens is 324 g/mol. The highest BCUT2D eigenvalue weighted by Crippen LogP contribution is 2.12. The molecule has 26 heavy (non-hydrogen) atoms. The van der Waals surface area contributed by atoms with E-state index in [1.807, 2.05) is 36.4 Å². The summed E-state index contributed by atoms with van der Waals surface area (Å²) in [6.07, 6.45) is 3.65. The lowest BCUT2D eigenvalue weighted by molar-refractivity contribution is 0.0903. The Morgan fingerprint density at radius 1 is 0.923 bits per heavy atom. The Hall–Kier alpha value is -2.98. The van der Waals surface area contributed by atoms with Gasteiger partial charge in [0.15, 0.2) is 5.78 Å². The van der Waals surface area contributed by atoms with Crippen LogP contribution >= 0.6 is 0 Å². The van der Waals surface area contributed by atoms with Crippen LogP contribution in [0.25, 0.3) is 0 Å². The van der Waals surface area contributed by atoms with Crippen molar-refractivity contribution in [2.45, 2.75) is 6.54 Å². The summed E-state index contributed by atoms with van der Waals surface area (Å²) in [5.41, 5.74) is 2.07. The van der Waals surface area contributed by atoms with Crippen molar-refractivity contribution in [3.63, 3.8) is 0 Å². The molecule has 0 saturated heterocycles. The molecule has 0 spiro atoms. The maximum Gasteiger partial charge on any atom is 0.251 e. The minimum absolute atomic E-state index is 0.0276. The molecular formula is C22H24N2O2. The molecule has 0 bridgehead atoms. The summed E-state index contributed by atoms with van der Waals surface area (Å²) < 4.78 is 0. The van der Waals surface area contributed by atoms with E-state index < -0.39 is 0 Å². The van der Waals surface area contributed by atoms with Crippen LogP contribution in [-0.2, 0) is 6.54 Å². The van der Waals surface area contributed by atoms with Gasteiger partial charge < -0.3 is 5.32 Å². The first-order chi connectivity index (χ1) is 12.7. The molecule has 0 aliphatic heterocycles. The highest BCUT2D eigenvalue weighted by atomic mass is 16.2. The highest BCUT2D eigenvalue weighted by Gasteiger charge is 2.14. The first kappa shape index (κ1) is 19.3. The standard InChI is InChI=1S/C22H24N2O2/c1-3-14-24(15-4-2)17-19-12-8-9-13-20(19)22(26)23-16-21(25)18-10-6-5-7-11-18/h3-13H,1-2,14-17H2,(H,23,26). The van der Waals surface area contributed by atoms with Crippen molar-refractivity contribution in [2.75, 3.05) is 19.6 Å². The van der Waals surface area contributed by atoms with Crippen molar-refractivity contribution >= 4 is 11.7 Å². The number of ketones is 1. The molecule has 4 heteroatoms. The fraction of sp³-hybridized carbons (Fsp3) is 0.182. The molecule has 1 amide bonds. The van der Waals surface area contributed by atoms with Crippen molar-refractivity contribution < 1.29 is 9.59 Å². The number of hydrogen-bond donors (Lipinski definition) is 1. The van der Waals surface area contributed by atoms with E-state index in [2.05, 4.69) is 23.4 Å². The normalized spacial score (nSPS) is 10.3. The van der Waals surface area contributed by atoms with Gasteiger partial charge in [0.2, 0.25) is 0 Å². The quantitative estimate of drug-likeness (QED) is 0.528. The number of carbonyl (C=O) groups excluding carboxylic acids is 2. The van der Waals surface area contributed by atoms with E-state index in [0.717, 1.165) is 5.56 Å². The zero-order valence-electron chi connectivity index (χ0n) is 14.9. The Kier molecular flexibility index (Phi) is 7.52. The lowest BCUT2D eigenvalue weighted by Gasteiger charge is -2.20. The van der Waals surface area contributed by atoms with Gasteiger partial charge in [0.1, 0.15) is 0 Å². The average Bonchev–Trinajstić information content (AvgIpc) is 2.67. The fourth-order valence-corrected chi connectivity index (χ4v) is 2.67. The van der Waals surface area contributed by atoms with Gasteiger partial charge in [-0.2, -0.15) is 0 Å². The van der Waals surface area contributed by atoms with Crippen LogP contribution in [0.3, 0.4) is 0 Å². The third kappa shape index (κ3) is 5.53. The second kappa shape index (κ2) is 10.1. The zero-order valence-corrected chi connectivity index (χ0v) is 14.9. The minimum Gasteiger partial charge on any atom is -0.345 e. The van der Waals surface area contributed by atoms with Crippen molar-refractivity contribution in [3.05, 3.63) is 96.6 Å². The predicted octanol–water partition coefficient (Wildman–Crippen LogP) is 3.47. The van der Waals surface area contributed by atoms with Crippen LogP contribution in [0, 0.1) is 0 Å². The summed E-state index contributed by atoms with van der Waals surface area (Å²) in [4.78, 5) is 26.9. The Labute approximate surface area is 154 Å². The molecule has 134 valence electrons. The molecule has 0 saturated carbocycles. The Bertz CT molecular complexity index is 759. The maximum atomic E-state index is 12.6. The number of carbonyl (C=O) groups is 2. The summed E-state index contributed by atoms with van der Waals surface area (Å²) in [7, 11) is 0. The van der Waals surface area contributed by atoms with Crippen molar-refractivity contribution in [1.29, 1.82) is 0 Å². The lowest BCUT2D eigenvalue weighted by atomic mass is 10.1. The largest absolute Gasteiger partial charge is 0.345 e. The summed E-state index contributed by atoms with van der Waals surface area (Å²) in [6, 6.07) is 16.4. The van der Waals surface area contributed by atoms with Crippen molar-refractivity contribution in [1.82, 2.24) is 10.2 Å². The fourth-order valence-electron chi connectivity index (χ4n) is 2.67. The van der Waals surface area contributed by atoms with Gasteiger partial charge in [-0.25, -0.2) is 0 Å². The Morgan fingerprint density at radius 2 is 1.54 bits per heavy atom. The van der Waals surface area contributed by atoms with Gasteiger partial charge in [-0.1, -0.05) is 60.7 Å². The molecule has 0 radical (unpaired) electrons. The van der Waals surface area contributed by atoms with E-state index in [1.54, 1.807) is 30.3 Å². The van der Waals surface area contributed by atoms with Gasteiger partial charge in [-0.3, -0.25) is 14.5 Å². The summed E-state index contributed by atoms with van der Waals surface area (Å²) in [6.45, 7) is 9.52. The number of nitrogens with zero attached hydrogens (tertiary/aromatic N) is 1. The highest BCUT2D eigenvalue weighted by molar-refractivity contribution is 6.02. The maximum absolute atomic E-state index is 12.6. The van der Waals surface area contributed by atoms with E-state index in [0.29, 0.717) is 30.8 Å². The van der Waals surface area contributed by atoms with Crippen LogP contribution in [-0.4, -0.2) is 36.2 Å². The number of hydrogen-bond acceptors (Lipinski definition) is 3. The van der Waals surface area contributed by atoms with Gasteiger partial charge in [0.05, 0.1) is 6.54 Å². The first-order valence-electron chi connectivity index (χ1n) is 8.54. The summed E-state index contributed by atoms with van der Waals surface area (Å²) >= 11 is 0. The number of rotatable bonds is 10. The zero-order chi connectivity index (χ0) is 18.8. The molecule has 4 nitrogen and oxygen atoms in total. The topological polar surface area (TPSA) is 49.4 Å². The number of benzene rings is 2. The van der Waals surface area contributed by atoms with Crippen molar-refractivity contribution in [3.8, 4) is 0 Å². The van der Waals surface area contributed by atoms with Crippen LogP contribution in [0.15, 0.2) is 79.9 Å². The third-order valence-corrected chi connectivity index (χ3v) is 3.94. The van der Waals surface area contributed by atoms with Crippen LogP contribution in [0.4, 0.5) is 0 Å². The molecule has 0 aliphatic rings. The van der Waals surface area contributed by atoms with Crippen LogP contribution in [0.2, 0.25) is 0 Å². The molecule has 2 aromatic carbocycles. The number of nitrogens with one attached hydrogen (secondary N) is 1. The second-order valence-corrected chi connectivity index (χ2v) is 5.90. The predicted molar refractivity (Wildman–Crippen MR) is 105 cm³/mol. The van der Waals surface area contributed by atoms with Gasteiger partial charge in [-0.15, -0.1) is 13.2 Å². The van der Waals surface area contributed by atoms with Crippen LogP contribution in [0.5, 0.6) is 0 Å². The van der Waals surface area contributed by atoms with Crippen LogP contribution in [0.1, 0.15) is 26.3 Å². The smallest absolute Gasteiger partial charge is 0.251 e. The Morgan fingerprint density at radius 3 is 2.19 bits per heavy atom. The summed E-state index contributed by atoms with van der Waals surface area (Å²) in [5.74, 6) is -0.363. The van der Waals surface area contributed by atoms with E-state index in [-0.39, 0.29) is 18.2 Å². The second-order valence-electron chi connectivity index (χ2n) is 5.90. The molecule has 0 aromatic heterocycles. The average molecular weight is 348 g/mol. The van der Waals surface area contributed by atoms with E-state index >= 15 is 0 Å². The van der Waals surface area contributed by atoms with Crippen LogP contribution < -0.4 is 5.32 Å². The van der Waals surface area contributed by atoms with Crippen molar-refractivity contribution in [2.24, 2.45) is 0 Å². The molecule has 2 aromatic rings. The summed E-state index contributed by atoms with van der Waals surface area (Å²) in [5, 5.41) is 2.73.